The number of carbonyl (C=O) groups excluding carboxylic acids is 1. The van der Waals surface area contributed by atoms with E-state index in [0.717, 1.165) is 11.1 Å². The Balaban J connectivity index is 2.50. The minimum Gasteiger partial charge on any atom is -0.468 e. The number of hydrogen-bond donors (Lipinski definition) is 0. The quantitative estimate of drug-likeness (QED) is 0.362. The third-order valence-electron chi connectivity index (χ3n) is 5.53. The molecule has 2 atom stereocenters. The maximum Gasteiger partial charge on any atom is 0.316 e. The van der Waals surface area contributed by atoms with Crippen molar-refractivity contribution in [3.05, 3.63) is 76.8 Å². The summed E-state index contributed by atoms with van der Waals surface area (Å²) in [7, 11) is -0.744. The number of rotatable bonds is 7. The fourth-order valence-corrected chi connectivity index (χ4v) is 4.14. The van der Waals surface area contributed by atoms with Crippen LogP contribution in [0.1, 0.15) is 37.8 Å². The highest BCUT2D eigenvalue weighted by molar-refractivity contribution is 6.74. The van der Waals surface area contributed by atoms with E-state index in [1.54, 1.807) is 12.1 Å². The first-order chi connectivity index (χ1) is 13.5. The van der Waals surface area contributed by atoms with Crippen LogP contribution in [0.5, 0.6) is 0 Å². The van der Waals surface area contributed by atoms with Gasteiger partial charge in [0.15, 0.2) is 8.32 Å². The highest BCUT2D eigenvalue weighted by Gasteiger charge is 2.42. The number of esters is 1. The highest BCUT2D eigenvalue weighted by Crippen LogP contribution is 2.40. The van der Waals surface area contributed by atoms with Crippen molar-refractivity contribution in [3.8, 4) is 0 Å². The Kier molecular flexibility index (Phi) is 7.86. The Hall–Kier alpha value is -1.88. The Labute approximate surface area is 180 Å². The first-order valence-corrected chi connectivity index (χ1v) is 13.1. The van der Waals surface area contributed by atoms with Gasteiger partial charge in [-0.2, -0.15) is 0 Å². The van der Waals surface area contributed by atoms with Gasteiger partial charge in [-0.15, -0.1) is 0 Å². The molecule has 0 saturated carbocycles. The van der Waals surface area contributed by atoms with Crippen molar-refractivity contribution in [1.82, 2.24) is 0 Å². The van der Waals surface area contributed by atoms with Crippen LogP contribution in [0.2, 0.25) is 23.2 Å². The van der Waals surface area contributed by atoms with Crippen LogP contribution in [0.4, 0.5) is 0 Å². The van der Waals surface area contributed by atoms with Crippen molar-refractivity contribution in [2.75, 3.05) is 7.11 Å². The van der Waals surface area contributed by atoms with E-state index in [1.807, 2.05) is 54.6 Å². The third-order valence-corrected chi connectivity index (χ3v) is 10.3. The van der Waals surface area contributed by atoms with Crippen LogP contribution < -0.4 is 0 Å². The van der Waals surface area contributed by atoms with E-state index in [9.17, 15) is 4.79 Å². The van der Waals surface area contributed by atoms with Crippen LogP contribution >= 0.6 is 11.6 Å². The van der Waals surface area contributed by atoms with Crippen molar-refractivity contribution < 1.29 is 14.0 Å². The van der Waals surface area contributed by atoms with Crippen LogP contribution in [0, 0.1) is 0 Å². The molecule has 0 aromatic heterocycles. The fourth-order valence-electron chi connectivity index (χ4n) is 2.76. The van der Waals surface area contributed by atoms with Gasteiger partial charge in [0.2, 0.25) is 0 Å². The summed E-state index contributed by atoms with van der Waals surface area (Å²) in [5, 5.41) is 0.631. The standard InChI is InChI=1S/C24H31ClO3Si/c1-24(2,3)29(5,6)28-21(17-12-18-10-8-7-9-11-18)22(23(26)27-4)19-13-15-20(25)16-14-19/h7-17,21-22H,1-6H3/b17-12+/t21-,22-/m0/s1. The molecule has 29 heavy (non-hydrogen) atoms. The van der Waals surface area contributed by atoms with E-state index in [0.29, 0.717) is 5.02 Å². The Morgan fingerprint density at radius 3 is 2.14 bits per heavy atom. The fraction of sp³-hybridized carbons (Fsp3) is 0.375. The number of halogens is 1. The van der Waals surface area contributed by atoms with Crippen LogP contribution in [0.15, 0.2) is 60.7 Å². The van der Waals surface area contributed by atoms with Gasteiger partial charge in [-0.3, -0.25) is 4.79 Å². The van der Waals surface area contributed by atoms with Gasteiger partial charge in [0.1, 0.15) is 5.92 Å². The first-order valence-electron chi connectivity index (χ1n) is 9.79. The summed E-state index contributed by atoms with van der Waals surface area (Å²) < 4.78 is 11.9. The Bertz CT molecular complexity index is 823. The SMILES string of the molecule is COC(=O)[C@@H](c1ccc(Cl)cc1)[C@H](/C=C/c1ccccc1)O[Si](C)(C)C(C)(C)C. The van der Waals surface area contributed by atoms with E-state index in [4.69, 9.17) is 20.8 Å². The summed E-state index contributed by atoms with van der Waals surface area (Å²) in [5.74, 6) is -0.903. The van der Waals surface area contributed by atoms with Crippen LogP contribution in [-0.4, -0.2) is 27.5 Å². The summed E-state index contributed by atoms with van der Waals surface area (Å²) in [6.07, 6.45) is 3.53. The lowest BCUT2D eigenvalue weighted by Gasteiger charge is -2.40. The smallest absolute Gasteiger partial charge is 0.316 e. The molecule has 156 valence electrons. The molecule has 0 radical (unpaired) electrons. The number of carbonyl (C=O) groups is 1. The lowest BCUT2D eigenvalue weighted by molar-refractivity contribution is -0.144. The molecular formula is C24H31ClO3Si. The maximum atomic E-state index is 12.8. The van der Waals surface area contributed by atoms with E-state index in [-0.39, 0.29) is 11.0 Å². The average molecular weight is 431 g/mol. The zero-order chi connectivity index (χ0) is 21.7. The van der Waals surface area contributed by atoms with Gasteiger partial charge in [0, 0.05) is 5.02 Å². The third kappa shape index (κ3) is 6.30. The molecule has 0 heterocycles. The number of benzene rings is 2. The molecule has 0 spiro atoms. The molecule has 2 aromatic carbocycles. The van der Waals surface area contributed by atoms with Crippen molar-refractivity contribution in [2.24, 2.45) is 0 Å². The van der Waals surface area contributed by atoms with Crippen molar-refractivity contribution >= 4 is 32.0 Å². The zero-order valence-corrected chi connectivity index (χ0v) is 19.9. The van der Waals surface area contributed by atoms with Gasteiger partial charge in [-0.05, 0) is 41.4 Å². The average Bonchev–Trinajstić information content (AvgIpc) is 2.67. The molecule has 2 rings (SSSR count). The van der Waals surface area contributed by atoms with Crippen LogP contribution in [-0.2, 0) is 14.0 Å². The summed E-state index contributed by atoms with van der Waals surface area (Å²) >= 11 is 6.06. The lowest BCUT2D eigenvalue weighted by atomic mass is 9.92. The highest BCUT2D eigenvalue weighted by atomic mass is 35.5. The van der Waals surface area contributed by atoms with Crippen LogP contribution in [0.25, 0.3) is 6.08 Å². The first kappa shape index (κ1) is 23.4. The molecule has 0 fully saturated rings. The van der Waals surface area contributed by atoms with Gasteiger partial charge >= 0.3 is 5.97 Å². The molecule has 0 unspecified atom stereocenters. The van der Waals surface area contributed by atoms with Gasteiger partial charge < -0.3 is 9.16 Å². The molecular weight excluding hydrogens is 400 g/mol. The topological polar surface area (TPSA) is 35.5 Å². The molecule has 0 aliphatic carbocycles. The molecule has 2 aromatic rings. The maximum absolute atomic E-state index is 12.8. The van der Waals surface area contributed by atoms with E-state index >= 15 is 0 Å². The van der Waals surface area contributed by atoms with Crippen molar-refractivity contribution in [1.29, 1.82) is 0 Å². The van der Waals surface area contributed by atoms with E-state index in [1.165, 1.54) is 7.11 Å². The van der Waals surface area contributed by atoms with E-state index in [2.05, 4.69) is 33.9 Å². The van der Waals surface area contributed by atoms with Gasteiger partial charge in [0.05, 0.1) is 13.2 Å². The zero-order valence-electron chi connectivity index (χ0n) is 18.1. The van der Waals surface area contributed by atoms with Crippen molar-refractivity contribution in [2.45, 2.75) is 50.9 Å². The molecule has 0 N–H and O–H groups in total. The van der Waals surface area contributed by atoms with Gasteiger partial charge in [-0.1, -0.05) is 87.0 Å². The largest absolute Gasteiger partial charge is 0.468 e. The molecule has 0 aliphatic heterocycles. The lowest BCUT2D eigenvalue weighted by Crippen LogP contribution is -2.46. The van der Waals surface area contributed by atoms with Crippen LogP contribution in [0.3, 0.4) is 0 Å². The molecule has 0 bridgehead atoms. The van der Waals surface area contributed by atoms with Gasteiger partial charge in [0.25, 0.3) is 0 Å². The second-order valence-electron chi connectivity index (χ2n) is 8.66. The second-order valence-corrected chi connectivity index (χ2v) is 13.9. The van der Waals surface area contributed by atoms with Crippen molar-refractivity contribution in [3.63, 3.8) is 0 Å². The summed E-state index contributed by atoms with van der Waals surface area (Å²) in [6, 6.07) is 17.3. The Morgan fingerprint density at radius 2 is 1.62 bits per heavy atom. The molecule has 3 nitrogen and oxygen atoms in total. The normalized spacial score (nSPS) is 14.6. The monoisotopic (exact) mass is 430 g/mol. The number of methoxy groups -OCH3 is 1. The molecule has 0 saturated heterocycles. The second kappa shape index (κ2) is 9.75. The minimum absolute atomic E-state index is 0.00645. The minimum atomic E-state index is -2.16. The molecule has 0 amide bonds. The Morgan fingerprint density at radius 1 is 1.03 bits per heavy atom. The van der Waals surface area contributed by atoms with E-state index < -0.39 is 20.3 Å². The molecule has 5 heteroatoms. The summed E-state index contributed by atoms with van der Waals surface area (Å²) in [4.78, 5) is 12.8. The number of ether oxygens (including phenoxy) is 1. The van der Waals surface area contributed by atoms with Gasteiger partial charge in [-0.25, -0.2) is 0 Å². The predicted molar refractivity (Wildman–Crippen MR) is 124 cm³/mol. The number of hydrogen-bond acceptors (Lipinski definition) is 3. The predicted octanol–water partition coefficient (Wildman–Crippen LogP) is 6.70. The summed E-state index contributed by atoms with van der Waals surface area (Å²) in [5.41, 5.74) is 1.87. The molecule has 0 aliphatic rings. The summed E-state index contributed by atoms with van der Waals surface area (Å²) in [6.45, 7) is 10.9.